The number of carbonyl (C=O) groups is 1. The first kappa shape index (κ1) is 17.4. The van der Waals surface area contributed by atoms with Crippen LogP contribution in [0.3, 0.4) is 0 Å². The van der Waals surface area contributed by atoms with Crippen molar-refractivity contribution in [3.63, 3.8) is 0 Å². The maximum absolute atomic E-state index is 13.3. The summed E-state index contributed by atoms with van der Waals surface area (Å²) < 4.78 is 65.4. The fourth-order valence-corrected chi connectivity index (χ4v) is 1.82. The van der Waals surface area contributed by atoms with Gasteiger partial charge in [-0.2, -0.15) is 0 Å². The van der Waals surface area contributed by atoms with Crippen LogP contribution >= 0.6 is 0 Å². The lowest BCUT2D eigenvalue weighted by Gasteiger charge is -2.09. The largest absolute Gasteiger partial charge is 0.352 e. The second-order valence-corrected chi connectivity index (χ2v) is 4.62. The van der Waals surface area contributed by atoms with E-state index in [0.29, 0.717) is 6.42 Å². The van der Waals surface area contributed by atoms with E-state index in [1.54, 1.807) is 0 Å². The van der Waals surface area contributed by atoms with Crippen molar-refractivity contribution in [3.05, 3.63) is 34.6 Å². The van der Waals surface area contributed by atoms with E-state index in [1.165, 1.54) is 0 Å². The van der Waals surface area contributed by atoms with E-state index < -0.39 is 40.6 Å². The summed E-state index contributed by atoms with van der Waals surface area (Å²) >= 11 is 0. The summed E-state index contributed by atoms with van der Waals surface area (Å²) in [7, 11) is 0. The molecule has 0 saturated carbocycles. The average molecular weight is 309 g/mol. The molecule has 0 aliphatic carbocycles. The summed E-state index contributed by atoms with van der Waals surface area (Å²) in [5.41, 5.74) is -1.44. The standard InChI is InChI=1S/C14H16F5NO/c1-2-3-4-5-6-7-20-14(21)8-9(15)11(17)13(19)12(18)10(8)16/h2-7H2,1H3,(H,20,21). The van der Waals surface area contributed by atoms with Crippen molar-refractivity contribution in [2.24, 2.45) is 0 Å². The van der Waals surface area contributed by atoms with Gasteiger partial charge in [-0.05, 0) is 6.42 Å². The SMILES string of the molecule is CCCCCCCNC(=O)c1c(F)c(F)c(F)c(F)c1F. The number of amides is 1. The Morgan fingerprint density at radius 1 is 0.810 bits per heavy atom. The van der Waals surface area contributed by atoms with Gasteiger partial charge in [0, 0.05) is 6.54 Å². The summed E-state index contributed by atoms with van der Waals surface area (Å²) in [6, 6.07) is 0. The molecule has 2 nitrogen and oxygen atoms in total. The molecule has 0 unspecified atom stereocenters. The molecular formula is C14H16F5NO. The maximum Gasteiger partial charge on any atom is 0.257 e. The van der Waals surface area contributed by atoms with Gasteiger partial charge in [0.25, 0.3) is 5.91 Å². The van der Waals surface area contributed by atoms with Gasteiger partial charge >= 0.3 is 0 Å². The van der Waals surface area contributed by atoms with Crippen molar-refractivity contribution in [2.45, 2.75) is 39.0 Å². The molecule has 0 atom stereocenters. The van der Waals surface area contributed by atoms with E-state index >= 15 is 0 Å². The first-order valence-corrected chi connectivity index (χ1v) is 6.71. The Balaban J connectivity index is 2.71. The molecule has 0 saturated heterocycles. The van der Waals surface area contributed by atoms with Gasteiger partial charge in [-0.3, -0.25) is 4.79 Å². The van der Waals surface area contributed by atoms with Crippen LogP contribution < -0.4 is 5.32 Å². The van der Waals surface area contributed by atoms with E-state index in [0.717, 1.165) is 25.7 Å². The summed E-state index contributed by atoms with van der Waals surface area (Å²) in [6.45, 7) is 2.15. The van der Waals surface area contributed by atoms with Crippen molar-refractivity contribution in [1.29, 1.82) is 0 Å². The number of halogens is 5. The van der Waals surface area contributed by atoms with E-state index in [4.69, 9.17) is 0 Å². The van der Waals surface area contributed by atoms with Gasteiger partial charge in [-0.1, -0.05) is 32.6 Å². The predicted molar refractivity (Wildman–Crippen MR) is 67.3 cm³/mol. The quantitative estimate of drug-likeness (QED) is 0.350. The van der Waals surface area contributed by atoms with Crippen molar-refractivity contribution >= 4 is 5.91 Å². The molecule has 1 N–H and O–H groups in total. The van der Waals surface area contributed by atoms with Gasteiger partial charge in [0.1, 0.15) is 5.56 Å². The van der Waals surface area contributed by atoms with Crippen LogP contribution in [0.1, 0.15) is 49.4 Å². The van der Waals surface area contributed by atoms with Gasteiger partial charge < -0.3 is 5.32 Å². The van der Waals surface area contributed by atoms with Crippen molar-refractivity contribution < 1.29 is 26.7 Å². The molecule has 1 amide bonds. The first-order valence-electron chi connectivity index (χ1n) is 6.71. The molecule has 0 fully saturated rings. The summed E-state index contributed by atoms with van der Waals surface area (Å²) in [5, 5.41) is 2.16. The van der Waals surface area contributed by atoms with E-state index in [1.807, 2.05) is 6.92 Å². The molecule has 1 aromatic rings. The van der Waals surface area contributed by atoms with Crippen LogP contribution in [0.25, 0.3) is 0 Å². The lowest BCUT2D eigenvalue weighted by atomic mass is 10.1. The molecule has 0 aliphatic rings. The van der Waals surface area contributed by atoms with Crippen molar-refractivity contribution in [1.82, 2.24) is 5.32 Å². The molecule has 0 aromatic heterocycles. The van der Waals surface area contributed by atoms with Crippen molar-refractivity contribution in [2.75, 3.05) is 6.54 Å². The Kier molecular flexibility index (Phi) is 6.58. The zero-order valence-electron chi connectivity index (χ0n) is 11.5. The lowest BCUT2D eigenvalue weighted by Crippen LogP contribution is -2.28. The van der Waals surface area contributed by atoms with Crippen LogP contribution in [0.15, 0.2) is 0 Å². The van der Waals surface area contributed by atoms with Gasteiger partial charge in [0.05, 0.1) is 0 Å². The van der Waals surface area contributed by atoms with E-state index in [2.05, 4.69) is 5.32 Å². The molecule has 1 rings (SSSR count). The minimum absolute atomic E-state index is 0.113. The second-order valence-electron chi connectivity index (χ2n) is 4.62. The van der Waals surface area contributed by atoms with Crippen LogP contribution in [0.4, 0.5) is 22.0 Å². The Bertz CT molecular complexity index is 490. The number of hydrogen-bond donors (Lipinski definition) is 1. The Morgan fingerprint density at radius 3 is 1.81 bits per heavy atom. The van der Waals surface area contributed by atoms with Gasteiger partial charge in [-0.15, -0.1) is 0 Å². The molecule has 118 valence electrons. The fourth-order valence-electron chi connectivity index (χ4n) is 1.82. The number of hydrogen-bond acceptors (Lipinski definition) is 1. The Labute approximate surface area is 119 Å². The van der Waals surface area contributed by atoms with Crippen LogP contribution in [0, 0.1) is 29.1 Å². The number of rotatable bonds is 7. The first-order chi connectivity index (χ1) is 9.91. The number of carbonyl (C=O) groups excluding carboxylic acids is 1. The number of nitrogens with one attached hydrogen (secondary N) is 1. The highest BCUT2D eigenvalue weighted by molar-refractivity contribution is 5.94. The maximum atomic E-state index is 13.3. The zero-order valence-corrected chi connectivity index (χ0v) is 11.5. The van der Waals surface area contributed by atoms with Gasteiger partial charge in [0.2, 0.25) is 5.82 Å². The van der Waals surface area contributed by atoms with E-state index in [9.17, 15) is 26.7 Å². The third-order valence-corrected chi connectivity index (χ3v) is 3.00. The third kappa shape index (κ3) is 4.15. The Morgan fingerprint density at radius 2 is 1.29 bits per heavy atom. The number of unbranched alkanes of at least 4 members (excludes halogenated alkanes) is 4. The molecule has 0 radical (unpaired) electrons. The highest BCUT2D eigenvalue weighted by Gasteiger charge is 2.29. The van der Waals surface area contributed by atoms with E-state index in [-0.39, 0.29) is 6.54 Å². The molecular weight excluding hydrogens is 293 g/mol. The predicted octanol–water partition coefficient (Wildman–Crippen LogP) is 4.08. The minimum Gasteiger partial charge on any atom is -0.352 e. The summed E-state index contributed by atoms with van der Waals surface area (Å²) in [5.74, 6) is -12.1. The molecule has 0 bridgehead atoms. The van der Waals surface area contributed by atoms with Crippen LogP contribution in [0.2, 0.25) is 0 Å². The van der Waals surface area contributed by atoms with Crippen LogP contribution in [-0.2, 0) is 0 Å². The third-order valence-electron chi connectivity index (χ3n) is 3.00. The average Bonchev–Trinajstić information content (AvgIpc) is 2.47. The van der Waals surface area contributed by atoms with Gasteiger partial charge in [-0.25, -0.2) is 22.0 Å². The monoisotopic (exact) mass is 309 g/mol. The normalized spacial score (nSPS) is 10.8. The highest BCUT2D eigenvalue weighted by atomic mass is 19.2. The summed E-state index contributed by atoms with van der Waals surface area (Å²) in [6.07, 6.45) is 4.41. The molecule has 7 heteroatoms. The highest BCUT2D eigenvalue weighted by Crippen LogP contribution is 2.22. The molecule has 21 heavy (non-hydrogen) atoms. The van der Waals surface area contributed by atoms with Crippen LogP contribution in [-0.4, -0.2) is 12.5 Å². The molecule has 0 heterocycles. The fraction of sp³-hybridized carbons (Fsp3) is 0.500. The lowest BCUT2D eigenvalue weighted by molar-refractivity contribution is 0.0941. The molecule has 1 aromatic carbocycles. The smallest absolute Gasteiger partial charge is 0.257 e. The Hall–Kier alpha value is -1.66. The van der Waals surface area contributed by atoms with Crippen LogP contribution in [0.5, 0.6) is 0 Å². The van der Waals surface area contributed by atoms with Crippen molar-refractivity contribution in [3.8, 4) is 0 Å². The number of benzene rings is 1. The summed E-state index contributed by atoms with van der Waals surface area (Å²) in [4.78, 5) is 11.5. The zero-order chi connectivity index (χ0) is 16.0. The topological polar surface area (TPSA) is 29.1 Å². The molecule has 0 aliphatic heterocycles. The molecule has 0 spiro atoms. The van der Waals surface area contributed by atoms with Gasteiger partial charge in [0.15, 0.2) is 23.3 Å². The minimum atomic E-state index is -2.28. The second kappa shape index (κ2) is 7.95.